The topological polar surface area (TPSA) is 55.8 Å². The molecule has 0 radical (unpaired) electrons. The van der Waals surface area contributed by atoms with Crippen LogP contribution in [0.15, 0.2) is 36.4 Å². The largest absolute Gasteiger partial charge is 0.391 e. The Hall–Kier alpha value is -2.51. The van der Waals surface area contributed by atoms with E-state index < -0.39 is 17.7 Å². The van der Waals surface area contributed by atoms with E-state index in [-0.39, 0.29) is 24.1 Å². The third kappa shape index (κ3) is 5.10. The Morgan fingerprint density at radius 3 is 2.47 bits per heavy atom. The van der Waals surface area contributed by atoms with Gasteiger partial charge >= 0.3 is 0 Å². The van der Waals surface area contributed by atoms with Crippen LogP contribution in [0.5, 0.6) is 0 Å². The molecule has 5 nitrogen and oxygen atoms in total. The second-order valence-electron chi connectivity index (χ2n) is 8.89. The fourth-order valence-electron chi connectivity index (χ4n) is 4.60. The van der Waals surface area contributed by atoms with Gasteiger partial charge < -0.3 is 20.2 Å². The summed E-state index contributed by atoms with van der Waals surface area (Å²) in [5, 5.41) is 13.1. The zero-order valence-corrected chi connectivity index (χ0v) is 18.5. The van der Waals surface area contributed by atoms with Gasteiger partial charge in [0.2, 0.25) is 0 Å². The lowest BCUT2D eigenvalue weighted by molar-refractivity contribution is 0.0474. The Balaban J connectivity index is 1.29. The van der Waals surface area contributed by atoms with E-state index in [1.807, 2.05) is 24.3 Å². The quantitative estimate of drug-likeness (QED) is 0.741. The van der Waals surface area contributed by atoms with Gasteiger partial charge in [0.25, 0.3) is 5.91 Å². The SMILES string of the molecule is Cc1ccc(F)c(CNC2CCN(c3ccc(C(=O)N4CCC[C@@H](O)C4)cc3)CC2)c1F. The number of rotatable bonds is 5. The molecule has 2 saturated heterocycles. The molecular formula is C25H31F2N3O2. The molecule has 2 N–H and O–H groups in total. The van der Waals surface area contributed by atoms with Crippen molar-refractivity contribution in [2.24, 2.45) is 0 Å². The van der Waals surface area contributed by atoms with Crippen molar-refractivity contribution in [1.29, 1.82) is 0 Å². The molecule has 2 aromatic carbocycles. The van der Waals surface area contributed by atoms with E-state index in [1.54, 1.807) is 11.8 Å². The predicted molar refractivity (Wildman–Crippen MR) is 121 cm³/mol. The normalized spacial score (nSPS) is 19.9. The number of piperidine rings is 2. The smallest absolute Gasteiger partial charge is 0.253 e. The van der Waals surface area contributed by atoms with Crippen LogP contribution in [0.1, 0.15) is 47.2 Å². The highest BCUT2D eigenvalue weighted by Crippen LogP contribution is 2.23. The average molecular weight is 444 g/mol. The highest BCUT2D eigenvalue weighted by molar-refractivity contribution is 5.94. The molecule has 2 fully saturated rings. The minimum atomic E-state index is -0.508. The first-order valence-corrected chi connectivity index (χ1v) is 11.4. The van der Waals surface area contributed by atoms with Gasteiger partial charge in [-0.25, -0.2) is 8.78 Å². The van der Waals surface area contributed by atoms with E-state index in [0.717, 1.165) is 44.5 Å². The number of halogens is 2. The lowest BCUT2D eigenvalue weighted by atomic mass is 10.0. The molecule has 0 bridgehead atoms. The molecule has 2 aromatic rings. The second-order valence-corrected chi connectivity index (χ2v) is 8.89. The van der Waals surface area contributed by atoms with Gasteiger partial charge in [-0.05, 0) is 68.5 Å². The summed E-state index contributed by atoms with van der Waals surface area (Å²) in [4.78, 5) is 16.7. The second kappa shape index (κ2) is 9.96. The van der Waals surface area contributed by atoms with Crippen LogP contribution in [0, 0.1) is 18.6 Å². The Morgan fingerprint density at radius 1 is 1.06 bits per heavy atom. The molecule has 2 aliphatic rings. The summed E-state index contributed by atoms with van der Waals surface area (Å²) in [7, 11) is 0. The fraction of sp³-hybridized carbons (Fsp3) is 0.480. The van der Waals surface area contributed by atoms with Gasteiger partial charge in [-0.15, -0.1) is 0 Å². The molecule has 4 rings (SSSR count). The van der Waals surface area contributed by atoms with Crippen LogP contribution in [-0.4, -0.2) is 54.2 Å². The number of nitrogens with zero attached hydrogens (tertiary/aromatic N) is 2. The van der Waals surface area contributed by atoms with Gasteiger partial charge in [0, 0.05) is 55.6 Å². The summed E-state index contributed by atoms with van der Waals surface area (Å²) >= 11 is 0. The number of nitrogens with one attached hydrogen (secondary N) is 1. The van der Waals surface area contributed by atoms with Crippen molar-refractivity contribution < 1.29 is 18.7 Å². The van der Waals surface area contributed by atoms with E-state index in [2.05, 4.69) is 10.2 Å². The van der Waals surface area contributed by atoms with Crippen LogP contribution >= 0.6 is 0 Å². The lowest BCUT2D eigenvalue weighted by Gasteiger charge is -2.34. The van der Waals surface area contributed by atoms with Crippen molar-refractivity contribution in [1.82, 2.24) is 10.2 Å². The number of aryl methyl sites for hydroxylation is 1. The maximum Gasteiger partial charge on any atom is 0.253 e. The van der Waals surface area contributed by atoms with Crippen molar-refractivity contribution in [2.75, 3.05) is 31.1 Å². The molecule has 0 aliphatic carbocycles. The molecule has 1 atom stereocenters. The summed E-state index contributed by atoms with van der Waals surface area (Å²) in [6.07, 6.45) is 2.91. The molecular weight excluding hydrogens is 412 g/mol. The number of aliphatic hydroxyl groups is 1. The van der Waals surface area contributed by atoms with E-state index in [4.69, 9.17) is 0 Å². The number of carbonyl (C=O) groups excluding carboxylic acids is 1. The standard InChI is InChI=1S/C25H31F2N3O2/c1-17-4-9-23(26)22(24(17)27)15-28-19-10-13-29(14-11-19)20-7-5-18(6-8-20)25(32)30-12-2-3-21(31)16-30/h4-9,19,21,28,31H,2-3,10-16H2,1H3/t21-/m1/s1. The molecule has 0 aromatic heterocycles. The van der Waals surface area contributed by atoms with Gasteiger partial charge in [0.1, 0.15) is 11.6 Å². The highest BCUT2D eigenvalue weighted by atomic mass is 19.1. The number of likely N-dealkylation sites (tertiary alicyclic amines) is 1. The first-order valence-electron chi connectivity index (χ1n) is 11.4. The Kier molecular flexibility index (Phi) is 7.06. The van der Waals surface area contributed by atoms with Crippen LogP contribution in [0.4, 0.5) is 14.5 Å². The Bertz CT molecular complexity index is 943. The minimum absolute atomic E-state index is 0.0335. The maximum absolute atomic E-state index is 14.2. The molecule has 0 saturated carbocycles. The van der Waals surface area contributed by atoms with Crippen LogP contribution in [0.25, 0.3) is 0 Å². The summed E-state index contributed by atoms with van der Waals surface area (Å²) < 4.78 is 28.2. The van der Waals surface area contributed by atoms with Crippen molar-refractivity contribution in [2.45, 2.75) is 51.3 Å². The molecule has 0 unspecified atom stereocenters. The van der Waals surface area contributed by atoms with E-state index in [1.165, 1.54) is 12.1 Å². The predicted octanol–water partition coefficient (Wildman–Crippen LogP) is 3.63. The zero-order valence-electron chi connectivity index (χ0n) is 18.5. The number of benzene rings is 2. The molecule has 2 heterocycles. The number of aliphatic hydroxyl groups excluding tert-OH is 1. The Morgan fingerprint density at radius 2 is 1.78 bits per heavy atom. The van der Waals surface area contributed by atoms with Crippen LogP contribution in [0.3, 0.4) is 0 Å². The van der Waals surface area contributed by atoms with Crippen molar-refractivity contribution in [3.63, 3.8) is 0 Å². The summed E-state index contributed by atoms with van der Waals surface area (Å²) in [6, 6.07) is 10.6. The summed E-state index contributed by atoms with van der Waals surface area (Å²) in [5.41, 5.74) is 2.27. The molecule has 0 spiro atoms. The molecule has 172 valence electrons. The lowest BCUT2D eigenvalue weighted by Crippen LogP contribution is -2.42. The number of anilines is 1. The third-order valence-electron chi connectivity index (χ3n) is 6.60. The minimum Gasteiger partial charge on any atom is -0.391 e. The van der Waals surface area contributed by atoms with Crippen LogP contribution in [0.2, 0.25) is 0 Å². The van der Waals surface area contributed by atoms with E-state index >= 15 is 0 Å². The van der Waals surface area contributed by atoms with Gasteiger partial charge in [0.05, 0.1) is 6.10 Å². The molecule has 2 aliphatic heterocycles. The maximum atomic E-state index is 14.2. The number of β-amino-alcohol motifs (C(OH)–C–C–N with tert-alkyl or cyclic N) is 1. The number of amides is 1. The van der Waals surface area contributed by atoms with Gasteiger partial charge in [-0.2, -0.15) is 0 Å². The number of hydrogen-bond acceptors (Lipinski definition) is 4. The first-order chi connectivity index (χ1) is 15.4. The van der Waals surface area contributed by atoms with Crippen molar-refractivity contribution >= 4 is 11.6 Å². The number of carbonyl (C=O) groups is 1. The molecule has 32 heavy (non-hydrogen) atoms. The Labute approximate surface area is 188 Å². The van der Waals surface area contributed by atoms with Crippen LogP contribution in [-0.2, 0) is 6.54 Å². The molecule has 1 amide bonds. The monoisotopic (exact) mass is 443 g/mol. The van der Waals surface area contributed by atoms with Crippen molar-refractivity contribution in [3.05, 3.63) is 64.7 Å². The summed E-state index contributed by atoms with van der Waals surface area (Å²) in [5.74, 6) is -1.01. The zero-order chi connectivity index (χ0) is 22.7. The van der Waals surface area contributed by atoms with Gasteiger partial charge in [-0.1, -0.05) is 6.07 Å². The van der Waals surface area contributed by atoms with E-state index in [0.29, 0.717) is 24.2 Å². The van der Waals surface area contributed by atoms with Crippen molar-refractivity contribution in [3.8, 4) is 0 Å². The third-order valence-corrected chi connectivity index (χ3v) is 6.60. The molecule has 7 heteroatoms. The fourth-order valence-corrected chi connectivity index (χ4v) is 4.60. The van der Waals surface area contributed by atoms with Gasteiger partial charge in [-0.3, -0.25) is 4.79 Å². The van der Waals surface area contributed by atoms with E-state index in [9.17, 15) is 18.7 Å². The van der Waals surface area contributed by atoms with Crippen LogP contribution < -0.4 is 10.2 Å². The highest BCUT2D eigenvalue weighted by Gasteiger charge is 2.24. The number of hydrogen-bond donors (Lipinski definition) is 2. The summed E-state index contributed by atoms with van der Waals surface area (Å²) in [6.45, 7) is 4.59. The first kappa shape index (κ1) is 22.7. The van der Waals surface area contributed by atoms with Gasteiger partial charge in [0.15, 0.2) is 0 Å². The average Bonchev–Trinajstić information content (AvgIpc) is 2.81.